The van der Waals surface area contributed by atoms with Crippen molar-refractivity contribution in [3.05, 3.63) is 35.4 Å². The van der Waals surface area contributed by atoms with Crippen LogP contribution in [0.5, 0.6) is 0 Å². The molecule has 0 atom stereocenters. The third kappa shape index (κ3) is 3.62. The van der Waals surface area contributed by atoms with Crippen LogP contribution in [0.15, 0.2) is 24.3 Å². The van der Waals surface area contributed by atoms with E-state index in [1.807, 2.05) is 0 Å². The molecule has 0 aromatic heterocycles. The van der Waals surface area contributed by atoms with E-state index in [0.717, 1.165) is 12.0 Å². The molecule has 2 aliphatic rings. The van der Waals surface area contributed by atoms with Crippen molar-refractivity contribution >= 4 is 0 Å². The van der Waals surface area contributed by atoms with Crippen molar-refractivity contribution in [3.8, 4) is 0 Å². The highest BCUT2D eigenvalue weighted by Gasteiger charge is 2.29. The molecule has 2 fully saturated rings. The Hall–Kier alpha value is -0.860. The van der Waals surface area contributed by atoms with Crippen LogP contribution in [0.2, 0.25) is 0 Å². The molecule has 1 heterocycles. The monoisotopic (exact) mass is 272 g/mol. The van der Waals surface area contributed by atoms with Crippen LogP contribution in [-0.4, -0.2) is 37.1 Å². The molecule has 0 radical (unpaired) electrons. The van der Waals surface area contributed by atoms with Crippen LogP contribution < -0.4 is 5.32 Å². The molecule has 20 heavy (non-hydrogen) atoms. The van der Waals surface area contributed by atoms with Gasteiger partial charge in [0.1, 0.15) is 0 Å². The van der Waals surface area contributed by atoms with Crippen molar-refractivity contribution in [1.82, 2.24) is 10.2 Å². The Morgan fingerprint density at radius 1 is 1.15 bits per heavy atom. The standard InChI is InChI=1S/C18H28N2/c1-15-6-5-7-16(12-15)17-13-18(14-17)19-8-11-20-9-3-2-4-10-20/h5-7,12,17-19H,2-4,8-11,13-14H2,1H3. The zero-order chi connectivity index (χ0) is 13.8. The van der Waals surface area contributed by atoms with Crippen LogP contribution in [0.4, 0.5) is 0 Å². The van der Waals surface area contributed by atoms with Gasteiger partial charge in [-0.25, -0.2) is 0 Å². The maximum Gasteiger partial charge on any atom is 0.0107 e. The SMILES string of the molecule is Cc1cccc(C2CC(NCCN3CCCCC3)C2)c1. The molecule has 1 aromatic carbocycles. The number of likely N-dealkylation sites (tertiary alicyclic amines) is 1. The van der Waals surface area contributed by atoms with E-state index in [-0.39, 0.29) is 0 Å². The predicted octanol–water partition coefficient (Wildman–Crippen LogP) is 3.32. The van der Waals surface area contributed by atoms with Gasteiger partial charge in [0.2, 0.25) is 0 Å². The van der Waals surface area contributed by atoms with Crippen LogP contribution in [0.25, 0.3) is 0 Å². The van der Waals surface area contributed by atoms with Crippen molar-refractivity contribution < 1.29 is 0 Å². The van der Waals surface area contributed by atoms with Crippen LogP contribution >= 0.6 is 0 Å². The van der Waals surface area contributed by atoms with E-state index in [0.29, 0.717) is 0 Å². The molecular weight excluding hydrogens is 244 g/mol. The van der Waals surface area contributed by atoms with Gasteiger partial charge in [0, 0.05) is 19.1 Å². The molecule has 110 valence electrons. The smallest absolute Gasteiger partial charge is 0.0107 e. The summed E-state index contributed by atoms with van der Waals surface area (Å²) < 4.78 is 0. The summed E-state index contributed by atoms with van der Waals surface area (Å²) in [5.41, 5.74) is 2.93. The number of hydrogen-bond donors (Lipinski definition) is 1. The number of aryl methyl sites for hydroxylation is 1. The summed E-state index contributed by atoms with van der Waals surface area (Å²) in [6.45, 7) is 7.24. The Morgan fingerprint density at radius 3 is 2.70 bits per heavy atom. The first kappa shape index (κ1) is 14.1. The number of hydrogen-bond acceptors (Lipinski definition) is 2. The highest BCUT2D eigenvalue weighted by atomic mass is 15.1. The first-order valence-electron chi connectivity index (χ1n) is 8.33. The topological polar surface area (TPSA) is 15.3 Å². The van der Waals surface area contributed by atoms with E-state index in [2.05, 4.69) is 41.4 Å². The van der Waals surface area contributed by atoms with E-state index in [9.17, 15) is 0 Å². The zero-order valence-electron chi connectivity index (χ0n) is 12.8. The Balaban J connectivity index is 1.34. The molecule has 1 aliphatic heterocycles. The minimum Gasteiger partial charge on any atom is -0.313 e. The summed E-state index contributed by atoms with van der Waals surface area (Å²) >= 11 is 0. The number of nitrogens with one attached hydrogen (secondary N) is 1. The normalized spacial score (nSPS) is 27.2. The highest BCUT2D eigenvalue weighted by Crippen LogP contribution is 2.36. The third-order valence-electron chi connectivity index (χ3n) is 4.96. The van der Waals surface area contributed by atoms with Crippen LogP contribution in [0, 0.1) is 6.92 Å². The van der Waals surface area contributed by atoms with Gasteiger partial charge in [-0.3, -0.25) is 0 Å². The third-order valence-corrected chi connectivity index (χ3v) is 4.96. The molecule has 2 heteroatoms. The second-order valence-electron chi connectivity index (χ2n) is 6.64. The highest BCUT2D eigenvalue weighted by molar-refractivity contribution is 5.27. The number of rotatable bonds is 5. The van der Waals surface area contributed by atoms with Crippen molar-refractivity contribution in [2.45, 2.75) is 51.0 Å². The maximum atomic E-state index is 3.74. The number of benzene rings is 1. The lowest BCUT2D eigenvalue weighted by atomic mass is 9.75. The molecular formula is C18H28N2. The van der Waals surface area contributed by atoms with Crippen LogP contribution in [0.1, 0.15) is 49.1 Å². The Labute approximate surface area is 123 Å². The Morgan fingerprint density at radius 2 is 1.95 bits per heavy atom. The lowest BCUT2D eigenvalue weighted by molar-refractivity contribution is 0.214. The molecule has 2 nitrogen and oxygen atoms in total. The quantitative estimate of drug-likeness (QED) is 0.884. The first-order valence-corrected chi connectivity index (χ1v) is 8.33. The summed E-state index contributed by atoms with van der Waals surface area (Å²) in [6.07, 6.45) is 6.88. The average molecular weight is 272 g/mol. The Kier molecular flexibility index (Phi) is 4.74. The molecule has 0 spiro atoms. The van der Waals surface area contributed by atoms with E-state index >= 15 is 0 Å². The van der Waals surface area contributed by atoms with Gasteiger partial charge in [0.25, 0.3) is 0 Å². The summed E-state index contributed by atoms with van der Waals surface area (Å²) in [5.74, 6) is 0.794. The predicted molar refractivity (Wildman–Crippen MR) is 85.2 cm³/mol. The van der Waals surface area contributed by atoms with Gasteiger partial charge in [0.15, 0.2) is 0 Å². The van der Waals surface area contributed by atoms with Gasteiger partial charge in [-0.15, -0.1) is 0 Å². The van der Waals surface area contributed by atoms with Gasteiger partial charge >= 0.3 is 0 Å². The molecule has 0 amide bonds. The van der Waals surface area contributed by atoms with Crippen LogP contribution in [-0.2, 0) is 0 Å². The van der Waals surface area contributed by atoms with E-state index in [1.54, 1.807) is 5.56 Å². The lowest BCUT2D eigenvalue weighted by Crippen LogP contribution is -2.44. The summed E-state index contributed by atoms with van der Waals surface area (Å²) in [4.78, 5) is 2.62. The van der Waals surface area contributed by atoms with Gasteiger partial charge in [-0.1, -0.05) is 36.2 Å². The van der Waals surface area contributed by atoms with Crippen LogP contribution in [0.3, 0.4) is 0 Å². The van der Waals surface area contributed by atoms with Gasteiger partial charge in [0.05, 0.1) is 0 Å². The van der Waals surface area contributed by atoms with E-state index < -0.39 is 0 Å². The summed E-state index contributed by atoms with van der Waals surface area (Å²) in [5, 5.41) is 3.74. The minimum atomic E-state index is 0.755. The van der Waals surface area contributed by atoms with Gasteiger partial charge in [-0.2, -0.15) is 0 Å². The number of nitrogens with zero attached hydrogens (tertiary/aromatic N) is 1. The largest absolute Gasteiger partial charge is 0.313 e. The second-order valence-corrected chi connectivity index (χ2v) is 6.64. The van der Waals surface area contributed by atoms with Crippen molar-refractivity contribution in [3.63, 3.8) is 0 Å². The van der Waals surface area contributed by atoms with E-state index in [4.69, 9.17) is 0 Å². The number of piperidine rings is 1. The molecule has 1 saturated heterocycles. The summed E-state index contributed by atoms with van der Waals surface area (Å²) in [6, 6.07) is 9.79. The van der Waals surface area contributed by atoms with E-state index in [1.165, 1.54) is 63.8 Å². The molecule has 0 unspecified atom stereocenters. The van der Waals surface area contributed by atoms with Crippen molar-refractivity contribution in [2.24, 2.45) is 0 Å². The zero-order valence-corrected chi connectivity index (χ0v) is 12.8. The fourth-order valence-electron chi connectivity index (χ4n) is 3.59. The second kappa shape index (κ2) is 6.73. The maximum absolute atomic E-state index is 3.74. The minimum absolute atomic E-state index is 0.755. The molecule has 0 bridgehead atoms. The average Bonchev–Trinajstić information content (AvgIpc) is 2.42. The molecule has 1 saturated carbocycles. The lowest BCUT2D eigenvalue weighted by Gasteiger charge is -2.37. The molecule has 3 rings (SSSR count). The first-order chi connectivity index (χ1) is 9.81. The van der Waals surface area contributed by atoms with Gasteiger partial charge in [-0.05, 0) is 57.2 Å². The Bertz CT molecular complexity index is 417. The fraction of sp³-hybridized carbons (Fsp3) is 0.667. The van der Waals surface area contributed by atoms with Crippen molar-refractivity contribution in [1.29, 1.82) is 0 Å². The summed E-state index contributed by atoms with van der Waals surface area (Å²) in [7, 11) is 0. The molecule has 1 N–H and O–H groups in total. The fourth-order valence-corrected chi connectivity index (χ4v) is 3.59. The molecule has 1 aromatic rings. The van der Waals surface area contributed by atoms with Crippen molar-refractivity contribution in [2.75, 3.05) is 26.2 Å². The van der Waals surface area contributed by atoms with Gasteiger partial charge < -0.3 is 10.2 Å². The molecule has 1 aliphatic carbocycles.